The van der Waals surface area contributed by atoms with Crippen LogP contribution in [0.25, 0.3) is 0 Å². The Hall–Kier alpha value is -0.900. The molecule has 0 aromatic carbocycles. The molecule has 0 amide bonds. The minimum absolute atomic E-state index is 0.701. The van der Waals surface area contributed by atoms with Crippen LogP contribution in [0.3, 0.4) is 0 Å². The number of nitrogens with one attached hydrogen (secondary N) is 1. The second kappa shape index (κ2) is 3.46. The molecule has 4 nitrogen and oxygen atoms in total. The van der Waals surface area contributed by atoms with Gasteiger partial charge in [0.05, 0.1) is 6.54 Å². The number of aromatic nitrogens is 3. The van der Waals surface area contributed by atoms with Crippen LogP contribution in [0.15, 0.2) is 6.33 Å². The van der Waals surface area contributed by atoms with Gasteiger partial charge in [-0.2, -0.15) is 5.10 Å². The standard InChI is InChI=1S/C9H16N4/c1-7-3-8(4-7)10-5-9-11-6-12-13(9)2/h6-8,10H,3-5H2,1-2H3. The van der Waals surface area contributed by atoms with E-state index in [2.05, 4.69) is 22.3 Å². The summed E-state index contributed by atoms with van der Waals surface area (Å²) in [7, 11) is 1.92. The summed E-state index contributed by atoms with van der Waals surface area (Å²) in [6.45, 7) is 3.13. The largest absolute Gasteiger partial charge is 0.307 e. The van der Waals surface area contributed by atoms with Crippen LogP contribution in [0.4, 0.5) is 0 Å². The van der Waals surface area contributed by atoms with Crippen LogP contribution >= 0.6 is 0 Å². The van der Waals surface area contributed by atoms with E-state index in [0.717, 1.165) is 18.3 Å². The number of nitrogens with zero attached hydrogens (tertiary/aromatic N) is 3. The van der Waals surface area contributed by atoms with Crippen LogP contribution < -0.4 is 5.32 Å². The fourth-order valence-electron chi connectivity index (χ4n) is 1.78. The molecule has 0 unspecified atom stereocenters. The molecule has 2 rings (SSSR count). The van der Waals surface area contributed by atoms with Gasteiger partial charge in [-0.3, -0.25) is 4.68 Å². The summed E-state index contributed by atoms with van der Waals surface area (Å²) in [5, 5.41) is 7.49. The maximum atomic E-state index is 4.15. The molecule has 1 N–H and O–H groups in total. The minimum Gasteiger partial charge on any atom is -0.307 e. The molecule has 1 aromatic rings. The van der Waals surface area contributed by atoms with Gasteiger partial charge in [-0.1, -0.05) is 6.92 Å². The van der Waals surface area contributed by atoms with Gasteiger partial charge < -0.3 is 5.32 Å². The first-order valence-electron chi connectivity index (χ1n) is 4.82. The molecular formula is C9H16N4. The molecule has 1 heterocycles. The molecule has 1 fully saturated rings. The summed E-state index contributed by atoms with van der Waals surface area (Å²) >= 11 is 0. The van der Waals surface area contributed by atoms with Gasteiger partial charge in [0.15, 0.2) is 0 Å². The predicted molar refractivity (Wildman–Crippen MR) is 50.0 cm³/mol. The highest BCUT2D eigenvalue weighted by Crippen LogP contribution is 2.26. The number of hydrogen-bond acceptors (Lipinski definition) is 3. The molecular weight excluding hydrogens is 164 g/mol. The van der Waals surface area contributed by atoms with Gasteiger partial charge in [0.1, 0.15) is 12.2 Å². The first-order chi connectivity index (χ1) is 6.25. The Labute approximate surface area is 78.4 Å². The van der Waals surface area contributed by atoms with E-state index >= 15 is 0 Å². The normalized spacial score (nSPS) is 27.2. The van der Waals surface area contributed by atoms with E-state index in [-0.39, 0.29) is 0 Å². The maximum absolute atomic E-state index is 4.15. The fraction of sp³-hybridized carbons (Fsp3) is 0.778. The Morgan fingerprint density at radius 3 is 2.92 bits per heavy atom. The first-order valence-corrected chi connectivity index (χ1v) is 4.82. The van der Waals surface area contributed by atoms with Crippen LogP contribution in [-0.4, -0.2) is 20.8 Å². The van der Waals surface area contributed by atoms with Crippen LogP contribution in [0.2, 0.25) is 0 Å². The smallest absolute Gasteiger partial charge is 0.140 e. The molecule has 72 valence electrons. The predicted octanol–water partition coefficient (Wildman–Crippen LogP) is 0.703. The lowest BCUT2D eigenvalue weighted by Crippen LogP contribution is -2.40. The van der Waals surface area contributed by atoms with Crippen LogP contribution in [0, 0.1) is 5.92 Å². The Kier molecular flexibility index (Phi) is 2.31. The SMILES string of the molecule is CC1CC(NCc2ncnn2C)C1. The van der Waals surface area contributed by atoms with Crippen molar-refractivity contribution < 1.29 is 0 Å². The zero-order valence-corrected chi connectivity index (χ0v) is 8.20. The number of aryl methyl sites for hydroxylation is 1. The molecule has 0 spiro atoms. The zero-order valence-electron chi connectivity index (χ0n) is 8.20. The van der Waals surface area contributed by atoms with Crippen molar-refractivity contribution in [3.8, 4) is 0 Å². The first kappa shape index (κ1) is 8.69. The fourth-order valence-corrected chi connectivity index (χ4v) is 1.78. The summed E-state index contributed by atoms with van der Waals surface area (Å²) in [5.41, 5.74) is 0. The van der Waals surface area contributed by atoms with E-state index < -0.39 is 0 Å². The number of rotatable bonds is 3. The van der Waals surface area contributed by atoms with Crippen molar-refractivity contribution in [3.05, 3.63) is 12.2 Å². The average molecular weight is 180 g/mol. The highest BCUT2D eigenvalue weighted by Gasteiger charge is 2.24. The quantitative estimate of drug-likeness (QED) is 0.744. The summed E-state index contributed by atoms with van der Waals surface area (Å²) in [5.74, 6) is 1.91. The van der Waals surface area contributed by atoms with Gasteiger partial charge in [-0.15, -0.1) is 0 Å². The third kappa shape index (κ3) is 1.88. The second-order valence-corrected chi connectivity index (χ2v) is 3.95. The van der Waals surface area contributed by atoms with E-state index in [0.29, 0.717) is 6.04 Å². The Morgan fingerprint density at radius 2 is 2.38 bits per heavy atom. The van der Waals surface area contributed by atoms with Gasteiger partial charge in [0, 0.05) is 13.1 Å². The third-order valence-electron chi connectivity index (χ3n) is 2.73. The van der Waals surface area contributed by atoms with Gasteiger partial charge in [-0.05, 0) is 18.8 Å². The highest BCUT2D eigenvalue weighted by atomic mass is 15.3. The van der Waals surface area contributed by atoms with Crippen molar-refractivity contribution in [1.82, 2.24) is 20.1 Å². The van der Waals surface area contributed by atoms with Gasteiger partial charge >= 0.3 is 0 Å². The Morgan fingerprint density at radius 1 is 1.62 bits per heavy atom. The van der Waals surface area contributed by atoms with Crippen molar-refractivity contribution >= 4 is 0 Å². The Bertz CT molecular complexity index is 275. The highest BCUT2D eigenvalue weighted by molar-refractivity contribution is 4.87. The molecule has 0 radical (unpaired) electrons. The maximum Gasteiger partial charge on any atom is 0.140 e. The summed E-state index contributed by atoms with van der Waals surface area (Å²) in [6.07, 6.45) is 4.20. The Balaban J connectivity index is 1.77. The molecule has 1 aliphatic rings. The molecule has 0 atom stereocenters. The van der Waals surface area contributed by atoms with Crippen LogP contribution in [-0.2, 0) is 13.6 Å². The van der Waals surface area contributed by atoms with E-state index in [1.165, 1.54) is 12.8 Å². The molecule has 1 aromatic heterocycles. The molecule has 0 bridgehead atoms. The minimum atomic E-state index is 0.701. The van der Waals surface area contributed by atoms with Gasteiger partial charge in [0.2, 0.25) is 0 Å². The topological polar surface area (TPSA) is 42.7 Å². The van der Waals surface area contributed by atoms with Gasteiger partial charge in [-0.25, -0.2) is 4.98 Å². The zero-order chi connectivity index (χ0) is 9.26. The van der Waals surface area contributed by atoms with Crippen LogP contribution in [0.5, 0.6) is 0 Å². The van der Waals surface area contributed by atoms with Crippen molar-refractivity contribution in [3.63, 3.8) is 0 Å². The van der Waals surface area contributed by atoms with Crippen molar-refractivity contribution in [2.75, 3.05) is 0 Å². The van der Waals surface area contributed by atoms with Crippen molar-refractivity contribution in [2.45, 2.75) is 32.4 Å². The molecule has 13 heavy (non-hydrogen) atoms. The molecule has 4 heteroatoms. The summed E-state index contributed by atoms with van der Waals surface area (Å²) in [4.78, 5) is 4.15. The average Bonchev–Trinajstić information content (AvgIpc) is 2.43. The third-order valence-corrected chi connectivity index (χ3v) is 2.73. The van der Waals surface area contributed by atoms with Crippen molar-refractivity contribution in [1.29, 1.82) is 0 Å². The molecule has 0 saturated heterocycles. The van der Waals surface area contributed by atoms with Crippen LogP contribution in [0.1, 0.15) is 25.6 Å². The van der Waals surface area contributed by atoms with E-state index in [1.54, 1.807) is 6.33 Å². The summed E-state index contributed by atoms with van der Waals surface area (Å²) < 4.78 is 1.81. The van der Waals surface area contributed by atoms with E-state index in [4.69, 9.17) is 0 Å². The molecule has 1 saturated carbocycles. The van der Waals surface area contributed by atoms with Crippen molar-refractivity contribution in [2.24, 2.45) is 13.0 Å². The lowest BCUT2D eigenvalue weighted by Gasteiger charge is -2.33. The lowest BCUT2D eigenvalue weighted by molar-refractivity contribution is 0.238. The molecule has 1 aliphatic carbocycles. The second-order valence-electron chi connectivity index (χ2n) is 3.95. The monoisotopic (exact) mass is 180 g/mol. The summed E-state index contributed by atoms with van der Waals surface area (Å²) in [6, 6.07) is 0.701. The van der Waals surface area contributed by atoms with Gasteiger partial charge in [0.25, 0.3) is 0 Å². The van der Waals surface area contributed by atoms with E-state index in [1.807, 2.05) is 11.7 Å². The van der Waals surface area contributed by atoms with E-state index in [9.17, 15) is 0 Å². The molecule has 0 aliphatic heterocycles. The number of hydrogen-bond donors (Lipinski definition) is 1. The lowest BCUT2D eigenvalue weighted by atomic mass is 9.82.